The summed E-state index contributed by atoms with van der Waals surface area (Å²) in [5.41, 5.74) is 0.889. The third kappa shape index (κ3) is 2.86. The topological polar surface area (TPSA) is 20.3 Å². The predicted octanol–water partition coefficient (Wildman–Crippen LogP) is 3.76. The number of halogens is 1. The van der Waals surface area contributed by atoms with Crippen LogP contribution in [0.5, 0.6) is 0 Å². The van der Waals surface area contributed by atoms with Gasteiger partial charge < -0.3 is 4.90 Å². The number of nitrogens with zero attached hydrogens (tertiary/aromatic N) is 1. The molecule has 1 aliphatic rings. The van der Waals surface area contributed by atoms with Crippen LogP contribution in [-0.2, 0) is 4.79 Å². The zero-order valence-electron chi connectivity index (χ0n) is 10.8. The average Bonchev–Trinajstić information content (AvgIpc) is 2.93. The number of likely N-dealkylation sites (N-methyl/N-ethyl adjacent to an activating group) is 1. The summed E-state index contributed by atoms with van der Waals surface area (Å²) in [6.07, 6.45) is 4.70. The van der Waals surface area contributed by atoms with Crippen LogP contribution in [0.25, 0.3) is 0 Å². The zero-order valence-corrected chi connectivity index (χ0v) is 11.6. The largest absolute Gasteiger partial charge is 0.338 e. The van der Waals surface area contributed by atoms with Crippen LogP contribution < -0.4 is 0 Å². The Kier molecular flexibility index (Phi) is 4.65. The second kappa shape index (κ2) is 6.24. The molecule has 0 aromatic heterocycles. The van der Waals surface area contributed by atoms with E-state index in [9.17, 15) is 4.79 Å². The summed E-state index contributed by atoms with van der Waals surface area (Å²) >= 11 is 6.32. The molecule has 1 aromatic carbocycles. The first-order valence-electron chi connectivity index (χ1n) is 6.73. The fraction of sp³-hybridized carbons (Fsp3) is 0.533. The molecule has 2 rings (SSSR count). The number of hydrogen-bond donors (Lipinski definition) is 0. The molecule has 1 saturated carbocycles. The maximum absolute atomic E-state index is 12.5. The van der Waals surface area contributed by atoms with E-state index >= 15 is 0 Å². The predicted molar refractivity (Wildman–Crippen MR) is 74.7 cm³/mol. The Hall–Kier alpha value is -1.02. The SMILES string of the molecule is CCN(C(=O)C(Cl)c1ccccc1)C1CCCC1. The molecule has 1 aromatic rings. The standard InChI is InChI=1S/C15H20ClNO/c1-2-17(13-10-6-7-11-13)15(18)14(16)12-8-4-3-5-9-12/h3-5,8-9,13-14H,2,6-7,10-11H2,1H3. The molecule has 98 valence electrons. The normalized spacial score (nSPS) is 17.7. The van der Waals surface area contributed by atoms with Gasteiger partial charge in [-0.2, -0.15) is 0 Å². The number of rotatable bonds is 4. The molecule has 0 radical (unpaired) electrons. The molecule has 1 unspecified atom stereocenters. The fourth-order valence-corrected chi connectivity index (χ4v) is 2.99. The van der Waals surface area contributed by atoms with Crippen molar-refractivity contribution in [1.82, 2.24) is 4.90 Å². The number of amides is 1. The monoisotopic (exact) mass is 265 g/mol. The first kappa shape index (κ1) is 13.4. The maximum Gasteiger partial charge on any atom is 0.245 e. The van der Waals surface area contributed by atoms with Crippen molar-refractivity contribution in [3.05, 3.63) is 35.9 Å². The molecule has 1 aliphatic carbocycles. The number of alkyl halides is 1. The highest BCUT2D eigenvalue weighted by Gasteiger charge is 2.29. The van der Waals surface area contributed by atoms with Crippen molar-refractivity contribution >= 4 is 17.5 Å². The Morgan fingerprint density at radius 2 is 1.94 bits per heavy atom. The van der Waals surface area contributed by atoms with Crippen molar-refractivity contribution in [3.63, 3.8) is 0 Å². The van der Waals surface area contributed by atoms with Gasteiger partial charge in [-0.25, -0.2) is 0 Å². The van der Waals surface area contributed by atoms with Crippen LogP contribution in [-0.4, -0.2) is 23.4 Å². The van der Waals surface area contributed by atoms with Gasteiger partial charge in [-0.15, -0.1) is 11.6 Å². The lowest BCUT2D eigenvalue weighted by atomic mass is 10.1. The van der Waals surface area contributed by atoms with E-state index in [1.165, 1.54) is 12.8 Å². The van der Waals surface area contributed by atoms with Crippen LogP contribution in [0.1, 0.15) is 43.5 Å². The van der Waals surface area contributed by atoms with Crippen LogP contribution in [0.4, 0.5) is 0 Å². The second-order valence-corrected chi connectivity index (χ2v) is 5.27. The fourth-order valence-electron chi connectivity index (χ4n) is 2.72. The van der Waals surface area contributed by atoms with Crippen LogP contribution in [0.2, 0.25) is 0 Å². The quantitative estimate of drug-likeness (QED) is 0.759. The lowest BCUT2D eigenvalue weighted by Crippen LogP contribution is -2.40. The highest BCUT2D eigenvalue weighted by atomic mass is 35.5. The zero-order chi connectivity index (χ0) is 13.0. The summed E-state index contributed by atoms with van der Waals surface area (Å²) in [7, 11) is 0. The number of hydrogen-bond acceptors (Lipinski definition) is 1. The van der Waals surface area contributed by atoms with Crippen LogP contribution >= 0.6 is 11.6 Å². The second-order valence-electron chi connectivity index (χ2n) is 4.84. The van der Waals surface area contributed by atoms with Crippen LogP contribution in [0.15, 0.2) is 30.3 Å². The van der Waals surface area contributed by atoms with Gasteiger partial charge in [0.15, 0.2) is 0 Å². The summed E-state index contributed by atoms with van der Waals surface area (Å²) in [6.45, 7) is 2.78. The molecule has 0 aliphatic heterocycles. The minimum Gasteiger partial charge on any atom is -0.338 e. The van der Waals surface area contributed by atoms with Gasteiger partial charge in [0.1, 0.15) is 5.38 Å². The van der Waals surface area contributed by atoms with Gasteiger partial charge in [0, 0.05) is 12.6 Å². The highest BCUT2D eigenvalue weighted by Crippen LogP contribution is 2.28. The molecule has 1 atom stereocenters. The molecule has 2 nitrogen and oxygen atoms in total. The van der Waals surface area contributed by atoms with Crippen molar-refractivity contribution in [2.24, 2.45) is 0 Å². The molecule has 0 saturated heterocycles. The van der Waals surface area contributed by atoms with Gasteiger partial charge in [-0.3, -0.25) is 4.79 Å². The van der Waals surface area contributed by atoms with E-state index < -0.39 is 5.38 Å². The number of benzene rings is 1. The summed E-state index contributed by atoms with van der Waals surface area (Å²) in [4.78, 5) is 14.4. The molecule has 18 heavy (non-hydrogen) atoms. The Morgan fingerprint density at radius 3 is 2.50 bits per heavy atom. The summed E-state index contributed by atoms with van der Waals surface area (Å²) in [5, 5.41) is -0.549. The molecule has 0 bridgehead atoms. The average molecular weight is 266 g/mol. The Bertz CT molecular complexity index is 387. The molecule has 0 N–H and O–H groups in total. The molecule has 3 heteroatoms. The van der Waals surface area contributed by atoms with Crippen molar-refractivity contribution in [2.75, 3.05) is 6.54 Å². The van der Waals surface area contributed by atoms with Crippen molar-refractivity contribution in [1.29, 1.82) is 0 Å². The van der Waals surface area contributed by atoms with E-state index in [1.807, 2.05) is 42.2 Å². The van der Waals surface area contributed by atoms with Gasteiger partial charge >= 0.3 is 0 Å². The highest BCUT2D eigenvalue weighted by molar-refractivity contribution is 6.30. The Balaban J connectivity index is 2.09. The molecule has 0 heterocycles. The van der Waals surface area contributed by atoms with Gasteiger partial charge in [-0.05, 0) is 25.3 Å². The molecular weight excluding hydrogens is 246 g/mol. The van der Waals surface area contributed by atoms with Crippen LogP contribution in [0.3, 0.4) is 0 Å². The van der Waals surface area contributed by atoms with E-state index in [0.717, 1.165) is 24.9 Å². The van der Waals surface area contributed by atoms with E-state index in [-0.39, 0.29) is 5.91 Å². The van der Waals surface area contributed by atoms with Crippen molar-refractivity contribution in [3.8, 4) is 0 Å². The molecule has 1 amide bonds. The third-order valence-corrected chi connectivity index (χ3v) is 4.14. The number of carbonyl (C=O) groups is 1. The summed E-state index contributed by atoms with van der Waals surface area (Å²) in [5.74, 6) is 0.0530. The minimum atomic E-state index is -0.549. The number of carbonyl (C=O) groups excluding carboxylic acids is 1. The van der Waals surface area contributed by atoms with Gasteiger partial charge in [-0.1, -0.05) is 43.2 Å². The third-order valence-electron chi connectivity index (χ3n) is 3.70. The minimum absolute atomic E-state index is 0.0530. The van der Waals surface area contributed by atoms with Crippen LogP contribution in [0, 0.1) is 0 Å². The van der Waals surface area contributed by atoms with E-state index in [4.69, 9.17) is 11.6 Å². The van der Waals surface area contributed by atoms with E-state index in [0.29, 0.717) is 6.04 Å². The molecule has 1 fully saturated rings. The van der Waals surface area contributed by atoms with Crippen molar-refractivity contribution in [2.45, 2.75) is 44.0 Å². The molecular formula is C15H20ClNO. The summed E-state index contributed by atoms with van der Waals surface area (Å²) in [6, 6.07) is 10.0. The summed E-state index contributed by atoms with van der Waals surface area (Å²) < 4.78 is 0. The van der Waals surface area contributed by atoms with E-state index in [2.05, 4.69) is 0 Å². The van der Waals surface area contributed by atoms with Gasteiger partial charge in [0.05, 0.1) is 0 Å². The van der Waals surface area contributed by atoms with E-state index in [1.54, 1.807) is 0 Å². The Labute approximate surface area is 114 Å². The lowest BCUT2D eigenvalue weighted by Gasteiger charge is -2.29. The smallest absolute Gasteiger partial charge is 0.245 e. The first-order chi connectivity index (χ1) is 8.74. The Morgan fingerprint density at radius 1 is 1.33 bits per heavy atom. The maximum atomic E-state index is 12.5. The lowest BCUT2D eigenvalue weighted by molar-refractivity contribution is -0.132. The van der Waals surface area contributed by atoms with Crippen molar-refractivity contribution < 1.29 is 4.79 Å². The first-order valence-corrected chi connectivity index (χ1v) is 7.17. The molecule has 0 spiro atoms. The van der Waals surface area contributed by atoms with Gasteiger partial charge in [0.25, 0.3) is 0 Å². The van der Waals surface area contributed by atoms with Gasteiger partial charge in [0.2, 0.25) is 5.91 Å².